The van der Waals surface area contributed by atoms with Crippen molar-refractivity contribution in [2.24, 2.45) is 0 Å². The third-order valence-electron chi connectivity index (χ3n) is 1.70. The number of amides is 1. The molecule has 0 aromatic heterocycles. The molecule has 1 atom stereocenters. The maximum Gasteiger partial charge on any atom is 0.223 e. The minimum atomic E-state index is 0.143. The molecule has 0 heterocycles. The van der Waals surface area contributed by atoms with Crippen molar-refractivity contribution in [1.82, 2.24) is 10.2 Å². The van der Waals surface area contributed by atoms with Crippen LogP contribution in [0.3, 0.4) is 0 Å². The van der Waals surface area contributed by atoms with Crippen LogP contribution in [0.4, 0.5) is 0 Å². The average Bonchev–Trinajstić information content (AvgIpc) is 2.04. The monoisotopic (exact) mass is 182 g/mol. The van der Waals surface area contributed by atoms with E-state index in [9.17, 15) is 4.79 Å². The van der Waals surface area contributed by atoms with Crippen LogP contribution in [-0.4, -0.2) is 37.5 Å². The number of rotatable bonds is 4. The zero-order valence-electron chi connectivity index (χ0n) is 8.85. The summed E-state index contributed by atoms with van der Waals surface area (Å²) in [5.74, 6) is 5.83. The SMILES string of the molecule is CC#CCNC(C)CC(=O)N(C)C. The maximum absolute atomic E-state index is 11.2. The number of carbonyl (C=O) groups is 1. The minimum absolute atomic E-state index is 0.143. The number of hydrogen-bond donors (Lipinski definition) is 1. The second kappa shape index (κ2) is 6.50. The van der Waals surface area contributed by atoms with Crippen LogP contribution in [-0.2, 0) is 4.79 Å². The summed E-state index contributed by atoms with van der Waals surface area (Å²) in [6, 6.07) is 0.191. The molecule has 0 saturated heterocycles. The Kier molecular flexibility index (Phi) is 5.99. The first kappa shape index (κ1) is 12.0. The summed E-state index contributed by atoms with van der Waals surface area (Å²) >= 11 is 0. The van der Waals surface area contributed by atoms with E-state index in [0.29, 0.717) is 13.0 Å². The van der Waals surface area contributed by atoms with Gasteiger partial charge in [-0.05, 0) is 13.8 Å². The predicted octanol–water partition coefficient (Wildman–Crippen LogP) is 0.466. The van der Waals surface area contributed by atoms with E-state index < -0.39 is 0 Å². The zero-order valence-corrected chi connectivity index (χ0v) is 8.85. The van der Waals surface area contributed by atoms with Crippen LogP contribution >= 0.6 is 0 Å². The van der Waals surface area contributed by atoms with Crippen molar-refractivity contribution in [3.8, 4) is 11.8 Å². The number of nitrogens with zero attached hydrogens (tertiary/aromatic N) is 1. The highest BCUT2D eigenvalue weighted by molar-refractivity contribution is 5.76. The van der Waals surface area contributed by atoms with Crippen LogP contribution in [0.2, 0.25) is 0 Å². The van der Waals surface area contributed by atoms with E-state index in [0.717, 1.165) is 0 Å². The molecule has 0 radical (unpaired) electrons. The lowest BCUT2D eigenvalue weighted by Gasteiger charge is -2.15. The molecular weight excluding hydrogens is 164 g/mol. The predicted molar refractivity (Wildman–Crippen MR) is 54.2 cm³/mol. The highest BCUT2D eigenvalue weighted by Crippen LogP contribution is 1.93. The van der Waals surface area contributed by atoms with E-state index in [1.165, 1.54) is 0 Å². The first-order valence-corrected chi connectivity index (χ1v) is 4.41. The lowest BCUT2D eigenvalue weighted by atomic mass is 10.2. The molecule has 0 spiro atoms. The van der Waals surface area contributed by atoms with Gasteiger partial charge in [0.05, 0.1) is 6.54 Å². The van der Waals surface area contributed by atoms with Gasteiger partial charge in [0.25, 0.3) is 0 Å². The molecule has 0 aromatic rings. The van der Waals surface area contributed by atoms with Gasteiger partial charge < -0.3 is 10.2 Å². The molecule has 0 bridgehead atoms. The maximum atomic E-state index is 11.2. The van der Waals surface area contributed by atoms with Crippen LogP contribution in [0.15, 0.2) is 0 Å². The normalized spacial score (nSPS) is 11.4. The van der Waals surface area contributed by atoms with E-state index >= 15 is 0 Å². The Morgan fingerprint density at radius 3 is 2.62 bits per heavy atom. The molecule has 1 N–H and O–H groups in total. The molecule has 0 aliphatic heterocycles. The fourth-order valence-electron chi connectivity index (χ4n) is 0.830. The van der Waals surface area contributed by atoms with Crippen LogP contribution in [0.5, 0.6) is 0 Å². The van der Waals surface area contributed by atoms with Crippen molar-refractivity contribution in [3.05, 3.63) is 0 Å². The van der Waals surface area contributed by atoms with Gasteiger partial charge in [0.15, 0.2) is 0 Å². The molecule has 0 rings (SSSR count). The Morgan fingerprint density at radius 1 is 1.54 bits per heavy atom. The molecule has 3 nitrogen and oxygen atoms in total. The van der Waals surface area contributed by atoms with Crippen LogP contribution in [0.25, 0.3) is 0 Å². The van der Waals surface area contributed by atoms with Crippen molar-refractivity contribution in [3.63, 3.8) is 0 Å². The van der Waals surface area contributed by atoms with Crippen LogP contribution < -0.4 is 5.32 Å². The van der Waals surface area contributed by atoms with E-state index in [1.807, 2.05) is 6.92 Å². The fraction of sp³-hybridized carbons (Fsp3) is 0.700. The molecular formula is C10H18N2O. The summed E-state index contributed by atoms with van der Waals surface area (Å²) in [6.45, 7) is 4.44. The Bertz CT molecular complexity index is 213. The smallest absolute Gasteiger partial charge is 0.223 e. The molecule has 74 valence electrons. The Labute approximate surface area is 80.5 Å². The van der Waals surface area contributed by atoms with Crippen molar-refractivity contribution < 1.29 is 4.79 Å². The molecule has 0 aliphatic rings. The van der Waals surface area contributed by atoms with Gasteiger partial charge in [0.1, 0.15) is 0 Å². The van der Waals surface area contributed by atoms with Gasteiger partial charge in [-0.15, -0.1) is 5.92 Å². The second-order valence-electron chi connectivity index (χ2n) is 3.20. The van der Waals surface area contributed by atoms with Crippen molar-refractivity contribution in [2.75, 3.05) is 20.6 Å². The topological polar surface area (TPSA) is 32.3 Å². The van der Waals surface area contributed by atoms with E-state index in [4.69, 9.17) is 0 Å². The standard InChI is InChI=1S/C10H18N2O/c1-5-6-7-11-9(2)8-10(13)12(3)4/h9,11H,7-8H2,1-4H3. The molecule has 0 aromatic carbocycles. The van der Waals surface area contributed by atoms with Gasteiger partial charge in [-0.3, -0.25) is 4.79 Å². The summed E-state index contributed by atoms with van der Waals surface area (Å²) in [5.41, 5.74) is 0. The first-order chi connectivity index (χ1) is 6.07. The van der Waals surface area contributed by atoms with Crippen LogP contribution in [0.1, 0.15) is 20.3 Å². The third-order valence-corrected chi connectivity index (χ3v) is 1.70. The lowest BCUT2D eigenvalue weighted by Crippen LogP contribution is -2.33. The van der Waals surface area contributed by atoms with Gasteiger partial charge in [0, 0.05) is 26.6 Å². The van der Waals surface area contributed by atoms with E-state index in [2.05, 4.69) is 17.2 Å². The minimum Gasteiger partial charge on any atom is -0.349 e. The van der Waals surface area contributed by atoms with E-state index in [-0.39, 0.29) is 11.9 Å². The Hall–Kier alpha value is -1.01. The lowest BCUT2D eigenvalue weighted by molar-refractivity contribution is -0.129. The molecule has 0 saturated carbocycles. The third kappa shape index (κ3) is 6.18. The highest BCUT2D eigenvalue weighted by Gasteiger charge is 2.08. The number of carbonyl (C=O) groups excluding carboxylic acids is 1. The molecule has 0 fully saturated rings. The van der Waals surface area contributed by atoms with Crippen molar-refractivity contribution >= 4 is 5.91 Å². The molecule has 1 unspecified atom stereocenters. The first-order valence-electron chi connectivity index (χ1n) is 4.41. The fourth-order valence-corrected chi connectivity index (χ4v) is 0.830. The van der Waals surface area contributed by atoms with E-state index in [1.54, 1.807) is 25.9 Å². The van der Waals surface area contributed by atoms with Gasteiger partial charge in [-0.25, -0.2) is 0 Å². The Balaban J connectivity index is 3.65. The molecule has 1 amide bonds. The number of nitrogens with one attached hydrogen (secondary N) is 1. The highest BCUT2D eigenvalue weighted by atomic mass is 16.2. The van der Waals surface area contributed by atoms with Crippen LogP contribution in [0, 0.1) is 11.8 Å². The summed E-state index contributed by atoms with van der Waals surface area (Å²) < 4.78 is 0. The Morgan fingerprint density at radius 2 is 2.15 bits per heavy atom. The molecule has 13 heavy (non-hydrogen) atoms. The summed E-state index contributed by atoms with van der Waals surface area (Å²) in [7, 11) is 3.53. The quantitative estimate of drug-likeness (QED) is 0.641. The summed E-state index contributed by atoms with van der Waals surface area (Å²) in [5, 5.41) is 3.15. The summed E-state index contributed by atoms with van der Waals surface area (Å²) in [6.07, 6.45) is 0.526. The molecule has 3 heteroatoms. The number of hydrogen-bond acceptors (Lipinski definition) is 2. The van der Waals surface area contributed by atoms with Crippen molar-refractivity contribution in [2.45, 2.75) is 26.3 Å². The summed E-state index contributed by atoms with van der Waals surface area (Å²) in [4.78, 5) is 12.8. The van der Waals surface area contributed by atoms with Gasteiger partial charge in [0.2, 0.25) is 5.91 Å². The molecule has 0 aliphatic carbocycles. The van der Waals surface area contributed by atoms with Gasteiger partial charge >= 0.3 is 0 Å². The second-order valence-corrected chi connectivity index (χ2v) is 3.20. The van der Waals surface area contributed by atoms with Gasteiger partial charge in [-0.1, -0.05) is 5.92 Å². The zero-order chi connectivity index (χ0) is 10.3. The largest absolute Gasteiger partial charge is 0.349 e. The van der Waals surface area contributed by atoms with Gasteiger partial charge in [-0.2, -0.15) is 0 Å². The average molecular weight is 182 g/mol. The van der Waals surface area contributed by atoms with Crippen molar-refractivity contribution in [1.29, 1.82) is 0 Å².